The molecule has 0 spiro atoms. The monoisotopic (exact) mass is 373 g/mol. The molecule has 1 N–H and O–H groups in total. The van der Waals surface area contributed by atoms with Gasteiger partial charge in [0.2, 0.25) is 0 Å². The van der Waals surface area contributed by atoms with Crippen LogP contribution in [0.25, 0.3) is 0 Å². The third-order valence-corrected chi connectivity index (χ3v) is 5.47. The van der Waals surface area contributed by atoms with Crippen LogP contribution in [0, 0.1) is 5.92 Å². The quantitative estimate of drug-likeness (QED) is 0.614. The maximum Gasteiger partial charge on any atom is 0.194 e. The summed E-state index contributed by atoms with van der Waals surface area (Å²) in [4.78, 5) is 14.3. The zero-order chi connectivity index (χ0) is 18.9. The summed E-state index contributed by atoms with van der Waals surface area (Å²) in [6.07, 6.45) is 8.41. The second-order valence-electron chi connectivity index (χ2n) is 7.65. The number of ether oxygens (including phenoxy) is 1. The molecule has 2 aliphatic heterocycles. The highest BCUT2D eigenvalue weighted by Gasteiger charge is 2.24. The van der Waals surface area contributed by atoms with Crippen LogP contribution in [0.1, 0.15) is 44.6 Å². The molecule has 1 unspecified atom stereocenters. The van der Waals surface area contributed by atoms with Crippen molar-refractivity contribution in [2.24, 2.45) is 10.9 Å². The largest absolute Gasteiger partial charge is 0.384 e. The van der Waals surface area contributed by atoms with Crippen LogP contribution in [0.5, 0.6) is 0 Å². The summed E-state index contributed by atoms with van der Waals surface area (Å²) in [7, 11) is 1.78. The Morgan fingerprint density at radius 3 is 2.70 bits per heavy atom. The molecular formula is C21H35N5O. The van der Waals surface area contributed by atoms with E-state index in [2.05, 4.69) is 34.2 Å². The minimum absolute atomic E-state index is 0.605. The number of aliphatic imine (C=N–C) groups is 1. The van der Waals surface area contributed by atoms with E-state index in [0.29, 0.717) is 12.5 Å². The van der Waals surface area contributed by atoms with Gasteiger partial charge in [0, 0.05) is 51.9 Å². The predicted octanol–water partition coefficient (Wildman–Crippen LogP) is 2.90. The summed E-state index contributed by atoms with van der Waals surface area (Å²) < 4.78 is 5.31. The first kappa shape index (κ1) is 19.9. The van der Waals surface area contributed by atoms with E-state index >= 15 is 0 Å². The Kier molecular flexibility index (Phi) is 7.75. The van der Waals surface area contributed by atoms with Crippen LogP contribution in [-0.4, -0.2) is 62.3 Å². The summed E-state index contributed by atoms with van der Waals surface area (Å²) in [6, 6.07) is 4.34. The Morgan fingerprint density at radius 2 is 2.04 bits per heavy atom. The predicted molar refractivity (Wildman–Crippen MR) is 111 cm³/mol. The van der Waals surface area contributed by atoms with Crippen molar-refractivity contribution in [1.82, 2.24) is 15.2 Å². The highest BCUT2D eigenvalue weighted by atomic mass is 16.5. The first-order valence-electron chi connectivity index (χ1n) is 10.5. The number of pyridine rings is 1. The maximum absolute atomic E-state index is 5.31. The minimum atomic E-state index is 0.605. The van der Waals surface area contributed by atoms with Gasteiger partial charge in [0.1, 0.15) is 5.82 Å². The maximum atomic E-state index is 5.31. The Balaban J connectivity index is 1.59. The standard InChI is InChI=1S/C21H35N5O/c1-3-22-21(26-13-10-19(16-26)17-27-2)24-15-18-8-9-20(23-14-18)25-11-6-4-5-7-12-25/h8-9,14,19H,3-7,10-13,15-17H2,1-2H3,(H,22,24). The van der Waals surface area contributed by atoms with Crippen molar-refractivity contribution in [2.45, 2.75) is 45.6 Å². The second-order valence-corrected chi connectivity index (χ2v) is 7.65. The molecule has 1 atom stereocenters. The molecular weight excluding hydrogens is 338 g/mol. The summed E-state index contributed by atoms with van der Waals surface area (Å²) in [6.45, 7) is 8.84. The number of guanidine groups is 1. The highest BCUT2D eigenvalue weighted by Crippen LogP contribution is 2.19. The molecule has 0 saturated carbocycles. The van der Waals surface area contributed by atoms with Crippen LogP contribution in [0.2, 0.25) is 0 Å². The van der Waals surface area contributed by atoms with Crippen molar-refractivity contribution in [3.63, 3.8) is 0 Å². The summed E-state index contributed by atoms with van der Waals surface area (Å²) >= 11 is 0. The number of methoxy groups -OCH3 is 1. The van der Waals surface area contributed by atoms with Gasteiger partial charge in [0.05, 0.1) is 13.2 Å². The highest BCUT2D eigenvalue weighted by molar-refractivity contribution is 5.80. The summed E-state index contributed by atoms with van der Waals surface area (Å²) in [5.41, 5.74) is 1.16. The van der Waals surface area contributed by atoms with Crippen LogP contribution >= 0.6 is 0 Å². The molecule has 3 rings (SSSR count). The van der Waals surface area contributed by atoms with Gasteiger partial charge in [-0.15, -0.1) is 0 Å². The topological polar surface area (TPSA) is 53.0 Å². The molecule has 6 heteroatoms. The lowest BCUT2D eigenvalue weighted by atomic mass is 10.1. The van der Waals surface area contributed by atoms with Gasteiger partial charge in [0.25, 0.3) is 0 Å². The summed E-state index contributed by atoms with van der Waals surface area (Å²) in [5.74, 6) is 2.72. The Morgan fingerprint density at radius 1 is 1.22 bits per heavy atom. The Bertz CT molecular complexity index is 581. The van der Waals surface area contributed by atoms with Gasteiger partial charge < -0.3 is 19.9 Å². The van der Waals surface area contributed by atoms with Gasteiger partial charge in [-0.1, -0.05) is 18.9 Å². The molecule has 2 fully saturated rings. The normalized spacial score (nSPS) is 21.4. The summed E-state index contributed by atoms with van der Waals surface area (Å²) in [5, 5.41) is 3.43. The SMILES string of the molecule is CCNC(=NCc1ccc(N2CCCCCC2)nc1)N1CCC(COC)C1. The van der Waals surface area contributed by atoms with E-state index in [0.717, 1.165) is 56.7 Å². The smallest absolute Gasteiger partial charge is 0.194 e. The lowest BCUT2D eigenvalue weighted by molar-refractivity contribution is 0.157. The lowest BCUT2D eigenvalue weighted by Gasteiger charge is -2.22. The zero-order valence-electron chi connectivity index (χ0n) is 17.0. The number of hydrogen-bond acceptors (Lipinski definition) is 4. The fraction of sp³-hybridized carbons (Fsp3) is 0.714. The second kappa shape index (κ2) is 10.5. The number of likely N-dealkylation sites (tertiary alicyclic amines) is 1. The molecule has 0 aliphatic carbocycles. The van der Waals surface area contributed by atoms with Crippen molar-refractivity contribution in [3.05, 3.63) is 23.9 Å². The molecule has 1 aromatic heterocycles. The van der Waals surface area contributed by atoms with Gasteiger partial charge in [-0.2, -0.15) is 0 Å². The van der Waals surface area contributed by atoms with Crippen LogP contribution < -0.4 is 10.2 Å². The fourth-order valence-corrected chi connectivity index (χ4v) is 3.99. The molecule has 0 amide bonds. The van der Waals surface area contributed by atoms with Crippen molar-refractivity contribution in [2.75, 3.05) is 51.3 Å². The minimum Gasteiger partial charge on any atom is -0.384 e. The Hall–Kier alpha value is -1.82. The molecule has 0 bridgehead atoms. The van der Waals surface area contributed by atoms with Crippen LogP contribution in [0.3, 0.4) is 0 Å². The molecule has 150 valence electrons. The molecule has 6 nitrogen and oxygen atoms in total. The van der Waals surface area contributed by atoms with E-state index in [-0.39, 0.29) is 0 Å². The van der Waals surface area contributed by atoms with Crippen LogP contribution in [-0.2, 0) is 11.3 Å². The molecule has 2 saturated heterocycles. The first-order chi connectivity index (χ1) is 13.3. The van der Waals surface area contributed by atoms with Crippen LogP contribution in [0.15, 0.2) is 23.3 Å². The average molecular weight is 374 g/mol. The first-order valence-corrected chi connectivity index (χ1v) is 10.5. The fourth-order valence-electron chi connectivity index (χ4n) is 3.99. The van der Waals surface area contributed by atoms with E-state index in [1.807, 2.05) is 6.20 Å². The molecule has 1 aromatic rings. The van der Waals surface area contributed by atoms with E-state index in [9.17, 15) is 0 Å². The zero-order valence-corrected chi connectivity index (χ0v) is 17.0. The van der Waals surface area contributed by atoms with E-state index in [1.54, 1.807) is 7.11 Å². The molecule has 3 heterocycles. The van der Waals surface area contributed by atoms with Gasteiger partial charge in [-0.05, 0) is 37.8 Å². The lowest BCUT2D eigenvalue weighted by Crippen LogP contribution is -2.40. The van der Waals surface area contributed by atoms with Gasteiger partial charge in [-0.3, -0.25) is 0 Å². The van der Waals surface area contributed by atoms with E-state index < -0.39 is 0 Å². The van der Waals surface area contributed by atoms with Gasteiger partial charge in [0.15, 0.2) is 5.96 Å². The third kappa shape index (κ3) is 5.83. The van der Waals surface area contributed by atoms with Gasteiger partial charge in [-0.25, -0.2) is 9.98 Å². The molecule has 0 aromatic carbocycles. The van der Waals surface area contributed by atoms with E-state index in [1.165, 1.54) is 32.1 Å². The van der Waals surface area contributed by atoms with Crippen molar-refractivity contribution < 1.29 is 4.74 Å². The van der Waals surface area contributed by atoms with E-state index in [4.69, 9.17) is 14.7 Å². The third-order valence-electron chi connectivity index (χ3n) is 5.47. The molecule has 2 aliphatic rings. The molecule has 27 heavy (non-hydrogen) atoms. The number of anilines is 1. The number of aromatic nitrogens is 1. The number of rotatable bonds is 6. The van der Waals surface area contributed by atoms with Gasteiger partial charge >= 0.3 is 0 Å². The number of nitrogens with one attached hydrogen (secondary N) is 1. The average Bonchev–Trinajstić information content (AvgIpc) is 2.98. The van der Waals surface area contributed by atoms with Crippen LogP contribution in [0.4, 0.5) is 5.82 Å². The number of hydrogen-bond donors (Lipinski definition) is 1. The van der Waals surface area contributed by atoms with Crippen molar-refractivity contribution in [3.8, 4) is 0 Å². The Labute approximate surface area is 164 Å². The number of nitrogens with zero attached hydrogens (tertiary/aromatic N) is 4. The van der Waals surface area contributed by atoms with Crippen molar-refractivity contribution >= 4 is 11.8 Å². The van der Waals surface area contributed by atoms with Crippen molar-refractivity contribution in [1.29, 1.82) is 0 Å². The molecule has 0 radical (unpaired) electrons.